The van der Waals surface area contributed by atoms with Crippen molar-refractivity contribution in [3.63, 3.8) is 0 Å². The lowest BCUT2D eigenvalue weighted by Gasteiger charge is -2.13. The third-order valence-corrected chi connectivity index (χ3v) is 2.42. The molecule has 0 aromatic carbocycles. The van der Waals surface area contributed by atoms with Crippen LogP contribution in [0.25, 0.3) is 11.2 Å². The average Bonchev–Trinajstić information content (AvgIpc) is 2.84. The number of methoxy groups -OCH3 is 1. The van der Waals surface area contributed by atoms with Crippen molar-refractivity contribution >= 4 is 30.1 Å². The Morgan fingerprint density at radius 2 is 1.91 bits per heavy atom. The number of amidine groups is 1. The number of H-pyrrole nitrogens is 1. The highest BCUT2D eigenvalue weighted by Crippen LogP contribution is 2.20. The van der Waals surface area contributed by atoms with Gasteiger partial charge < -0.3 is 22.0 Å². The van der Waals surface area contributed by atoms with Gasteiger partial charge in [-0.3, -0.25) is 0 Å². The molecule has 0 aliphatic carbocycles. The van der Waals surface area contributed by atoms with Crippen molar-refractivity contribution in [2.45, 2.75) is 0 Å². The number of hydrogen-bond acceptors (Lipinski definition) is 4. The minimum Gasteiger partial charge on any atom is -0.435 e. The second-order valence-electron chi connectivity index (χ2n) is 4.27. The van der Waals surface area contributed by atoms with Gasteiger partial charge >= 0.3 is 13.3 Å². The van der Waals surface area contributed by atoms with Crippen LogP contribution < -0.4 is 4.90 Å². The fourth-order valence-corrected chi connectivity index (χ4v) is 1.74. The van der Waals surface area contributed by atoms with E-state index in [2.05, 4.69) is 20.4 Å². The van der Waals surface area contributed by atoms with Gasteiger partial charge in [-0.15, -0.1) is 5.10 Å². The average molecular weight is 322 g/mol. The summed E-state index contributed by atoms with van der Waals surface area (Å²) in [7, 11) is 1.36. The van der Waals surface area contributed by atoms with E-state index in [4.69, 9.17) is 4.74 Å². The summed E-state index contributed by atoms with van der Waals surface area (Å²) < 4.78 is 46.2. The lowest BCUT2D eigenvalue weighted by molar-refractivity contribution is -0.475. The molecular formula is C10H15BF4N6O. The van der Waals surface area contributed by atoms with Crippen LogP contribution in [0.1, 0.15) is 0 Å². The van der Waals surface area contributed by atoms with Gasteiger partial charge in [0.1, 0.15) is 0 Å². The van der Waals surface area contributed by atoms with E-state index in [1.165, 1.54) is 0 Å². The highest BCUT2D eigenvalue weighted by molar-refractivity contribution is 6.50. The molecule has 7 nitrogen and oxygen atoms in total. The molecule has 0 unspecified atom stereocenters. The summed E-state index contributed by atoms with van der Waals surface area (Å²) >= 11 is 0. The molecular weight excluding hydrogens is 307 g/mol. The molecule has 0 saturated carbocycles. The van der Waals surface area contributed by atoms with Gasteiger partial charge in [-0.2, -0.15) is 4.90 Å². The third-order valence-electron chi connectivity index (χ3n) is 2.42. The van der Waals surface area contributed by atoms with Crippen molar-refractivity contribution in [2.24, 2.45) is 0 Å². The molecule has 0 spiro atoms. The number of pyridine rings is 1. The lowest BCUT2D eigenvalue weighted by Crippen LogP contribution is -2.34. The Bertz CT molecular complexity index is 648. The number of aromatic amines is 1. The molecule has 0 amide bonds. The number of nitrogens with zero attached hydrogens (tertiary/aromatic N) is 5. The molecule has 1 N–H and O–H groups in total. The zero-order valence-electron chi connectivity index (χ0n) is 12.4. The van der Waals surface area contributed by atoms with E-state index in [9.17, 15) is 17.3 Å². The van der Waals surface area contributed by atoms with E-state index < -0.39 is 7.25 Å². The summed E-state index contributed by atoms with van der Waals surface area (Å²) in [6.45, 7) is 0. The lowest BCUT2D eigenvalue weighted by atomic mass is 10.3. The summed E-state index contributed by atoms with van der Waals surface area (Å²) in [4.78, 5) is 6.04. The number of anilines is 1. The molecule has 2 rings (SSSR count). The van der Waals surface area contributed by atoms with Crippen LogP contribution in [0, 0.1) is 0 Å². The number of ether oxygens (including phenoxy) is 1. The predicted octanol–water partition coefficient (Wildman–Crippen LogP) is 1.36. The molecule has 0 radical (unpaired) electrons. The van der Waals surface area contributed by atoms with E-state index in [0.717, 1.165) is 5.69 Å². The summed E-state index contributed by atoms with van der Waals surface area (Å²) in [5.74, 6) is 0. The Morgan fingerprint density at radius 1 is 1.32 bits per heavy atom. The number of fused-ring (bicyclic) bond motifs is 1. The molecule has 2 heterocycles. The van der Waals surface area contributed by atoms with Gasteiger partial charge in [-0.1, -0.05) is 5.21 Å². The van der Waals surface area contributed by atoms with Gasteiger partial charge in [0.15, 0.2) is 16.9 Å². The minimum absolute atomic E-state index is 0.656. The van der Waals surface area contributed by atoms with Crippen LogP contribution in [-0.4, -0.2) is 66.5 Å². The van der Waals surface area contributed by atoms with Crippen LogP contribution in [0.15, 0.2) is 12.3 Å². The van der Waals surface area contributed by atoms with Crippen molar-refractivity contribution in [3.05, 3.63) is 12.3 Å². The number of rotatable bonds is 1. The van der Waals surface area contributed by atoms with E-state index in [0.29, 0.717) is 17.2 Å². The van der Waals surface area contributed by atoms with Crippen LogP contribution >= 0.6 is 0 Å². The SMILES string of the molecule is COC(N(C)c1ccnc2[nH]nnc12)=[N+](C)C.F[B-](F)(F)F. The second-order valence-corrected chi connectivity index (χ2v) is 4.27. The highest BCUT2D eigenvalue weighted by Gasteiger charge is 2.23. The summed E-state index contributed by atoms with van der Waals surface area (Å²) in [5, 5.41) is 10.5. The Balaban J connectivity index is 0.000000422. The van der Waals surface area contributed by atoms with Crippen LogP contribution in [0.2, 0.25) is 0 Å². The monoisotopic (exact) mass is 322 g/mol. The highest BCUT2D eigenvalue weighted by atomic mass is 19.5. The zero-order chi connectivity index (χ0) is 16.9. The number of nitrogens with one attached hydrogen (secondary N) is 1. The van der Waals surface area contributed by atoms with Crippen molar-refractivity contribution in [1.29, 1.82) is 0 Å². The van der Waals surface area contributed by atoms with E-state index >= 15 is 0 Å². The van der Waals surface area contributed by atoms with Gasteiger partial charge in [-0.25, -0.2) is 14.7 Å². The zero-order valence-corrected chi connectivity index (χ0v) is 12.4. The molecule has 122 valence electrons. The minimum atomic E-state index is -6.00. The molecule has 0 aliphatic rings. The molecule has 12 heteroatoms. The van der Waals surface area contributed by atoms with Crippen LogP contribution in [-0.2, 0) is 4.74 Å². The Hall–Kier alpha value is -2.40. The number of hydrogen-bond donors (Lipinski definition) is 1. The first-order valence-corrected chi connectivity index (χ1v) is 6.00. The first kappa shape index (κ1) is 17.7. The van der Waals surface area contributed by atoms with Gasteiger partial charge in [0.2, 0.25) is 0 Å². The molecule has 0 aliphatic heterocycles. The second kappa shape index (κ2) is 7.05. The van der Waals surface area contributed by atoms with Crippen LogP contribution in [0.5, 0.6) is 0 Å². The quantitative estimate of drug-likeness (QED) is 0.282. The third kappa shape index (κ3) is 4.86. The van der Waals surface area contributed by atoms with Gasteiger partial charge in [0.25, 0.3) is 0 Å². The van der Waals surface area contributed by atoms with Gasteiger partial charge in [-0.05, 0) is 0 Å². The fraction of sp³-hybridized carbons (Fsp3) is 0.400. The van der Waals surface area contributed by atoms with Gasteiger partial charge in [0.05, 0.1) is 28.3 Å². The molecule has 2 aromatic rings. The molecule has 0 saturated heterocycles. The first-order chi connectivity index (χ1) is 10.1. The molecule has 0 atom stereocenters. The Morgan fingerprint density at radius 3 is 2.41 bits per heavy atom. The van der Waals surface area contributed by atoms with Crippen molar-refractivity contribution in [2.75, 3.05) is 33.2 Å². The largest absolute Gasteiger partial charge is 0.673 e. The fourth-order valence-electron chi connectivity index (χ4n) is 1.74. The van der Waals surface area contributed by atoms with Crippen LogP contribution in [0.3, 0.4) is 0 Å². The van der Waals surface area contributed by atoms with Crippen molar-refractivity contribution < 1.29 is 26.6 Å². The number of aromatic nitrogens is 4. The van der Waals surface area contributed by atoms with Crippen molar-refractivity contribution in [3.8, 4) is 0 Å². The summed E-state index contributed by atoms with van der Waals surface area (Å²) in [6.07, 6.45) is 1.71. The maximum absolute atomic E-state index is 9.75. The molecule has 0 fully saturated rings. The molecule has 22 heavy (non-hydrogen) atoms. The number of halogens is 4. The van der Waals surface area contributed by atoms with Gasteiger partial charge in [0, 0.05) is 12.3 Å². The Kier molecular flexibility index (Phi) is 5.66. The molecule has 2 aromatic heterocycles. The topological polar surface area (TPSA) is 69.9 Å². The van der Waals surface area contributed by atoms with E-state index in [-0.39, 0.29) is 0 Å². The summed E-state index contributed by atoms with van der Waals surface area (Å²) in [6, 6.07) is 2.58. The van der Waals surface area contributed by atoms with E-state index in [1.807, 2.05) is 36.7 Å². The predicted molar refractivity (Wildman–Crippen MR) is 74.4 cm³/mol. The maximum Gasteiger partial charge on any atom is 0.673 e. The molecule has 0 bridgehead atoms. The van der Waals surface area contributed by atoms with E-state index in [1.54, 1.807) is 13.3 Å². The Labute approximate surface area is 123 Å². The standard InChI is InChI=1S/C10H15N6O.BF4/c1-15(2)10(17-4)16(3)7-5-6-11-9-8(7)12-14-13-9;2-1(3,4)5/h5-6H,1-4H3,(H,11,12,13,14);/q+1;-1. The first-order valence-electron chi connectivity index (χ1n) is 6.00. The normalized spacial score (nSPS) is 10.7. The smallest absolute Gasteiger partial charge is 0.435 e. The van der Waals surface area contributed by atoms with Crippen LogP contribution in [0.4, 0.5) is 23.0 Å². The summed E-state index contributed by atoms with van der Waals surface area (Å²) in [5.41, 5.74) is 2.25. The maximum atomic E-state index is 9.75. The van der Waals surface area contributed by atoms with Crippen molar-refractivity contribution in [1.82, 2.24) is 20.4 Å².